The number of pyridine rings is 1. The lowest BCUT2D eigenvalue weighted by Gasteiger charge is -2.33. The number of carbonyl (C=O) groups is 1. The van der Waals surface area contributed by atoms with Gasteiger partial charge >= 0.3 is 0 Å². The Morgan fingerprint density at radius 1 is 0.846 bits per heavy atom. The molecule has 2 aliphatic heterocycles. The third-order valence-corrected chi connectivity index (χ3v) is 6.82. The fourth-order valence-electron chi connectivity index (χ4n) is 4.78. The smallest absolute Gasteiger partial charge is 0.265 e. The lowest BCUT2D eigenvalue weighted by atomic mass is 10.0. The van der Waals surface area contributed by atoms with Gasteiger partial charge in [-0.15, -0.1) is 0 Å². The number of aromatic nitrogens is 1. The summed E-state index contributed by atoms with van der Waals surface area (Å²) in [6.45, 7) is 4.73. The maximum atomic E-state index is 12.8. The van der Waals surface area contributed by atoms with E-state index in [4.69, 9.17) is 14.2 Å². The highest BCUT2D eigenvalue weighted by atomic mass is 16.5. The Labute approximate surface area is 227 Å². The van der Waals surface area contributed by atoms with E-state index in [0.29, 0.717) is 12.4 Å². The van der Waals surface area contributed by atoms with Gasteiger partial charge in [0, 0.05) is 44.1 Å². The molecule has 0 bridgehead atoms. The molecule has 1 amide bonds. The van der Waals surface area contributed by atoms with Gasteiger partial charge in [0.2, 0.25) is 0 Å². The number of rotatable bonds is 8. The van der Waals surface area contributed by atoms with Crippen LogP contribution in [0.3, 0.4) is 0 Å². The van der Waals surface area contributed by atoms with Crippen LogP contribution in [-0.4, -0.2) is 61.8 Å². The molecule has 1 fully saturated rings. The molecular formula is C31H30N4O4. The van der Waals surface area contributed by atoms with Crippen LogP contribution < -0.4 is 19.7 Å². The molecule has 3 aromatic carbocycles. The lowest BCUT2D eigenvalue weighted by molar-refractivity contribution is -0.121. The number of carbonyl (C=O) groups excluding carboxylic acids is 1. The van der Waals surface area contributed by atoms with Crippen LogP contribution in [0.2, 0.25) is 0 Å². The molecule has 3 heterocycles. The van der Waals surface area contributed by atoms with Crippen molar-refractivity contribution < 1.29 is 19.0 Å². The molecule has 0 unspecified atom stereocenters. The van der Waals surface area contributed by atoms with Gasteiger partial charge in [-0.25, -0.2) is 4.98 Å². The molecule has 4 aromatic rings. The van der Waals surface area contributed by atoms with Gasteiger partial charge in [-0.3, -0.25) is 9.69 Å². The molecule has 0 spiro atoms. The number of benzene rings is 3. The third kappa shape index (κ3) is 6.03. The normalized spacial score (nSPS) is 15.4. The standard InChI is InChI=1S/C31H30N4O4/c36-31-22-38-29-10-9-23(19-28(29)35(31)14-13-34-15-17-37-18-16-34)24-11-12-32-30(20-24)33-25-5-4-8-27(21-25)39-26-6-2-1-3-7-26/h1-12,19-21H,13-18,22H2,(H,32,33). The van der Waals surface area contributed by atoms with Gasteiger partial charge in [0.05, 0.1) is 18.9 Å². The zero-order valence-corrected chi connectivity index (χ0v) is 21.6. The van der Waals surface area contributed by atoms with E-state index in [9.17, 15) is 4.79 Å². The zero-order valence-electron chi connectivity index (χ0n) is 21.6. The number of nitrogens with one attached hydrogen (secondary N) is 1. The van der Waals surface area contributed by atoms with Crippen LogP contribution in [0, 0.1) is 0 Å². The molecule has 1 saturated heterocycles. The van der Waals surface area contributed by atoms with Crippen molar-refractivity contribution in [3.63, 3.8) is 0 Å². The topological polar surface area (TPSA) is 76.2 Å². The molecule has 0 saturated carbocycles. The van der Waals surface area contributed by atoms with E-state index in [0.717, 1.165) is 72.6 Å². The molecule has 8 heteroatoms. The first-order chi connectivity index (χ1) is 19.2. The van der Waals surface area contributed by atoms with Crippen molar-refractivity contribution in [2.24, 2.45) is 0 Å². The molecule has 0 atom stereocenters. The van der Waals surface area contributed by atoms with Gasteiger partial charge in [-0.1, -0.05) is 30.3 Å². The van der Waals surface area contributed by atoms with Crippen LogP contribution >= 0.6 is 0 Å². The molecule has 1 N–H and O–H groups in total. The molecule has 39 heavy (non-hydrogen) atoms. The first kappa shape index (κ1) is 24.9. The molecule has 0 aliphatic carbocycles. The van der Waals surface area contributed by atoms with E-state index in [1.54, 1.807) is 6.20 Å². The first-order valence-electron chi connectivity index (χ1n) is 13.1. The molecule has 1 aromatic heterocycles. The zero-order chi connectivity index (χ0) is 26.4. The molecule has 6 rings (SSSR count). The van der Waals surface area contributed by atoms with Crippen molar-refractivity contribution in [1.82, 2.24) is 9.88 Å². The summed E-state index contributed by atoms with van der Waals surface area (Å²) in [4.78, 5) is 21.5. The summed E-state index contributed by atoms with van der Waals surface area (Å²) in [7, 11) is 0. The van der Waals surface area contributed by atoms with Gasteiger partial charge in [-0.05, 0) is 59.7 Å². The van der Waals surface area contributed by atoms with E-state index in [1.807, 2.05) is 89.8 Å². The first-order valence-corrected chi connectivity index (χ1v) is 13.1. The number of fused-ring (bicyclic) bond motifs is 1. The molecular weight excluding hydrogens is 492 g/mol. The SMILES string of the molecule is O=C1COc2ccc(-c3ccnc(Nc4cccc(Oc5ccccc5)c4)c3)cc2N1CCN1CCOCC1. The number of nitrogens with zero attached hydrogens (tertiary/aromatic N) is 3. The number of morpholine rings is 1. The minimum absolute atomic E-state index is 0.0254. The highest BCUT2D eigenvalue weighted by Crippen LogP contribution is 2.36. The third-order valence-electron chi connectivity index (χ3n) is 6.82. The van der Waals surface area contributed by atoms with Crippen LogP contribution in [0.1, 0.15) is 0 Å². The van der Waals surface area contributed by atoms with Gasteiger partial charge in [0.15, 0.2) is 6.61 Å². The Bertz CT molecular complexity index is 1440. The highest BCUT2D eigenvalue weighted by molar-refractivity contribution is 5.98. The second-order valence-electron chi connectivity index (χ2n) is 9.47. The number of ether oxygens (including phenoxy) is 3. The van der Waals surface area contributed by atoms with Gasteiger partial charge in [0.1, 0.15) is 23.1 Å². The van der Waals surface area contributed by atoms with Crippen molar-refractivity contribution in [2.45, 2.75) is 0 Å². The van der Waals surface area contributed by atoms with Crippen molar-refractivity contribution in [2.75, 3.05) is 56.2 Å². The number of amides is 1. The van der Waals surface area contributed by atoms with E-state index < -0.39 is 0 Å². The van der Waals surface area contributed by atoms with Crippen LogP contribution in [0.25, 0.3) is 11.1 Å². The van der Waals surface area contributed by atoms with Crippen LogP contribution in [0.4, 0.5) is 17.2 Å². The van der Waals surface area contributed by atoms with Crippen LogP contribution in [0.15, 0.2) is 91.1 Å². The van der Waals surface area contributed by atoms with Crippen LogP contribution in [0.5, 0.6) is 17.2 Å². The summed E-state index contributed by atoms with van der Waals surface area (Å²) in [6, 6.07) is 27.4. The monoisotopic (exact) mass is 522 g/mol. The van der Waals surface area contributed by atoms with Crippen molar-refractivity contribution >= 4 is 23.1 Å². The van der Waals surface area contributed by atoms with E-state index >= 15 is 0 Å². The Morgan fingerprint density at radius 2 is 1.67 bits per heavy atom. The van der Waals surface area contributed by atoms with E-state index in [2.05, 4.69) is 15.2 Å². The highest BCUT2D eigenvalue weighted by Gasteiger charge is 2.26. The second-order valence-corrected chi connectivity index (χ2v) is 9.47. The number of hydrogen-bond donors (Lipinski definition) is 1. The molecule has 2 aliphatic rings. The Morgan fingerprint density at radius 3 is 2.54 bits per heavy atom. The predicted molar refractivity (Wildman–Crippen MR) is 151 cm³/mol. The van der Waals surface area contributed by atoms with Crippen molar-refractivity contribution in [3.8, 4) is 28.4 Å². The number of para-hydroxylation sites is 1. The number of anilines is 3. The maximum Gasteiger partial charge on any atom is 0.265 e. The summed E-state index contributed by atoms with van der Waals surface area (Å²) in [5.74, 6) is 2.92. The minimum Gasteiger partial charge on any atom is -0.482 e. The Hall–Kier alpha value is -4.40. The summed E-state index contributed by atoms with van der Waals surface area (Å²) in [5, 5.41) is 3.38. The molecule has 8 nitrogen and oxygen atoms in total. The lowest BCUT2D eigenvalue weighted by Crippen LogP contribution is -2.45. The van der Waals surface area contributed by atoms with E-state index in [1.165, 1.54) is 0 Å². The van der Waals surface area contributed by atoms with Gasteiger partial charge in [0.25, 0.3) is 5.91 Å². The van der Waals surface area contributed by atoms with Crippen molar-refractivity contribution in [3.05, 3.63) is 91.1 Å². The second kappa shape index (κ2) is 11.6. The fourth-order valence-corrected chi connectivity index (χ4v) is 4.78. The van der Waals surface area contributed by atoms with Gasteiger partial charge < -0.3 is 24.4 Å². The van der Waals surface area contributed by atoms with Gasteiger partial charge in [-0.2, -0.15) is 0 Å². The van der Waals surface area contributed by atoms with Crippen molar-refractivity contribution in [1.29, 1.82) is 0 Å². The Balaban J connectivity index is 1.19. The maximum absolute atomic E-state index is 12.8. The predicted octanol–water partition coefficient (Wildman–Crippen LogP) is 5.34. The summed E-state index contributed by atoms with van der Waals surface area (Å²) in [6.07, 6.45) is 1.78. The molecule has 0 radical (unpaired) electrons. The average Bonchev–Trinajstić information content (AvgIpc) is 2.98. The summed E-state index contributed by atoms with van der Waals surface area (Å²) >= 11 is 0. The Kier molecular flexibility index (Phi) is 7.38. The minimum atomic E-state index is -0.0254. The summed E-state index contributed by atoms with van der Waals surface area (Å²) < 4.78 is 17.2. The largest absolute Gasteiger partial charge is 0.482 e. The van der Waals surface area contributed by atoms with E-state index in [-0.39, 0.29) is 12.5 Å². The number of hydrogen-bond acceptors (Lipinski definition) is 7. The van der Waals surface area contributed by atoms with Crippen LogP contribution in [-0.2, 0) is 9.53 Å². The average molecular weight is 523 g/mol. The summed E-state index contributed by atoms with van der Waals surface area (Å²) in [5.41, 5.74) is 3.63. The fraction of sp³-hybridized carbons (Fsp3) is 0.226. The molecule has 198 valence electrons. The quantitative estimate of drug-likeness (QED) is 0.335.